The molecule has 0 bridgehead atoms. The Morgan fingerprint density at radius 1 is 1.04 bits per heavy atom. The minimum absolute atomic E-state index is 0.107. The third kappa shape index (κ3) is 6.50. The smallest absolute Gasteiger partial charge is 0.274 e. The predicted octanol–water partition coefficient (Wildman–Crippen LogP) is 5.34. The number of amides is 2. The first kappa shape index (κ1) is 32.8. The van der Waals surface area contributed by atoms with Gasteiger partial charge in [0.2, 0.25) is 6.41 Å². The van der Waals surface area contributed by atoms with Gasteiger partial charge in [-0.25, -0.2) is 14.8 Å². The second kappa shape index (κ2) is 13.5. The molecule has 3 heterocycles. The molecule has 2 amide bonds. The Bertz CT molecular complexity index is 1960. The number of anilines is 2. The van der Waals surface area contributed by atoms with Crippen molar-refractivity contribution >= 4 is 30.0 Å². The lowest BCUT2D eigenvalue weighted by molar-refractivity contribution is -0.109. The van der Waals surface area contributed by atoms with E-state index in [-0.39, 0.29) is 22.7 Å². The molecule has 248 valence electrons. The van der Waals surface area contributed by atoms with Gasteiger partial charge in [0.05, 0.1) is 25.0 Å². The van der Waals surface area contributed by atoms with Crippen molar-refractivity contribution in [1.82, 2.24) is 19.9 Å². The summed E-state index contributed by atoms with van der Waals surface area (Å²) < 4.78 is 23.2. The number of nitrogens with zero attached hydrogens (tertiary/aromatic N) is 4. The van der Waals surface area contributed by atoms with Crippen molar-refractivity contribution in [3.63, 3.8) is 0 Å². The highest BCUT2D eigenvalue weighted by atomic mass is 19.1. The number of rotatable bonds is 7. The predicted molar refractivity (Wildman–Crippen MR) is 184 cm³/mol. The summed E-state index contributed by atoms with van der Waals surface area (Å²) in [5, 5.41) is 7.17. The molecule has 1 aliphatic carbocycles. The lowest BCUT2D eigenvalue weighted by Gasteiger charge is -2.26. The monoisotopic (exact) mass is 650 g/mol. The van der Waals surface area contributed by atoms with Gasteiger partial charge in [0.25, 0.3) is 11.5 Å². The lowest BCUT2D eigenvalue weighted by Crippen LogP contribution is -2.40. The van der Waals surface area contributed by atoms with E-state index in [9.17, 15) is 14.4 Å². The Hall–Kier alpha value is -5.16. The third-order valence-corrected chi connectivity index (χ3v) is 9.00. The van der Waals surface area contributed by atoms with Crippen LogP contribution >= 0.6 is 0 Å². The van der Waals surface area contributed by atoms with E-state index in [0.717, 1.165) is 39.9 Å². The molecule has 1 saturated heterocycles. The Morgan fingerprint density at radius 3 is 2.52 bits per heavy atom. The maximum atomic E-state index is 16.2. The van der Waals surface area contributed by atoms with Gasteiger partial charge in [-0.1, -0.05) is 39.0 Å². The van der Waals surface area contributed by atoms with Crippen LogP contribution in [0.4, 0.5) is 15.9 Å². The quantitative estimate of drug-likeness (QED) is 0.159. The maximum absolute atomic E-state index is 16.2. The van der Waals surface area contributed by atoms with Crippen molar-refractivity contribution in [3.05, 3.63) is 98.8 Å². The fraction of sp³-hybridized carbons (Fsp3) is 0.324. The van der Waals surface area contributed by atoms with Crippen LogP contribution in [0.3, 0.4) is 0 Å². The first-order valence-electron chi connectivity index (χ1n) is 16.1. The van der Waals surface area contributed by atoms with Crippen molar-refractivity contribution in [2.45, 2.75) is 45.4 Å². The number of hydrazone groups is 1. The Balaban J connectivity index is 1.40. The zero-order valence-electron chi connectivity index (χ0n) is 27.6. The summed E-state index contributed by atoms with van der Waals surface area (Å²) in [6, 6.07) is 14.5. The molecule has 6 rings (SSSR count). The number of morpholine rings is 1. The van der Waals surface area contributed by atoms with Crippen molar-refractivity contribution in [3.8, 4) is 22.3 Å². The van der Waals surface area contributed by atoms with Crippen molar-refractivity contribution in [2.24, 2.45) is 12.1 Å². The van der Waals surface area contributed by atoms with Crippen molar-refractivity contribution in [2.75, 3.05) is 31.6 Å². The van der Waals surface area contributed by atoms with E-state index in [1.807, 2.05) is 51.1 Å². The summed E-state index contributed by atoms with van der Waals surface area (Å²) in [6.45, 7) is 8.14. The number of ether oxygens (including phenoxy) is 1. The van der Waals surface area contributed by atoms with Crippen LogP contribution in [-0.4, -0.2) is 59.3 Å². The van der Waals surface area contributed by atoms with Gasteiger partial charge in [0.1, 0.15) is 17.3 Å². The number of hydrogen-bond donors (Lipinski definition) is 2. The van der Waals surface area contributed by atoms with E-state index in [2.05, 4.69) is 20.8 Å². The fourth-order valence-corrected chi connectivity index (χ4v) is 6.44. The van der Waals surface area contributed by atoms with Gasteiger partial charge in [-0.05, 0) is 77.3 Å². The first-order chi connectivity index (χ1) is 23.1. The maximum Gasteiger partial charge on any atom is 0.274 e. The van der Waals surface area contributed by atoms with Gasteiger partial charge in [0.15, 0.2) is 0 Å². The minimum Gasteiger partial charge on any atom is -0.378 e. The summed E-state index contributed by atoms with van der Waals surface area (Å²) in [6.07, 6.45) is 5.55. The summed E-state index contributed by atoms with van der Waals surface area (Å²) in [7, 11) is 1.76. The molecule has 11 heteroatoms. The van der Waals surface area contributed by atoms with E-state index in [1.165, 1.54) is 12.4 Å². The molecular weight excluding hydrogens is 611 g/mol. The molecule has 0 radical (unpaired) electrons. The summed E-state index contributed by atoms with van der Waals surface area (Å²) >= 11 is 0. The van der Waals surface area contributed by atoms with E-state index < -0.39 is 0 Å². The number of nitrogens with one attached hydrogen (secondary N) is 2. The highest BCUT2D eigenvalue weighted by molar-refractivity contribution is 5.95. The van der Waals surface area contributed by atoms with Gasteiger partial charge in [-0.15, -0.1) is 0 Å². The number of carbonyl (C=O) groups excluding carboxylic acids is 2. The van der Waals surface area contributed by atoms with Crippen LogP contribution in [0.1, 0.15) is 59.9 Å². The van der Waals surface area contributed by atoms with Crippen LogP contribution in [-0.2, 0) is 34.8 Å². The summed E-state index contributed by atoms with van der Waals surface area (Å²) in [4.78, 5) is 43.6. The largest absolute Gasteiger partial charge is 0.378 e. The van der Waals surface area contributed by atoms with Crippen LogP contribution in [0.15, 0.2) is 64.6 Å². The normalized spacial score (nSPS) is 14.6. The van der Waals surface area contributed by atoms with Gasteiger partial charge in [0, 0.05) is 48.7 Å². The van der Waals surface area contributed by atoms with Crippen molar-refractivity contribution in [1.29, 1.82) is 0 Å². The molecule has 1 fully saturated rings. The minimum atomic E-state index is -0.378. The number of pyridine rings is 2. The molecule has 0 unspecified atom stereocenters. The summed E-state index contributed by atoms with van der Waals surface area (Å²) in [5.41, 5.74) is 8.72. The molecule has 0 atom stereocenters. The Morgan fingerprint density at radius 2 is 1.81 bits per heavy atom. The van der Waals surface area contributed by atoms with Crippen LogP contribution < -0.4 is 16.3 Å². The zero-order chi connectivity index (χ0) is 34.0. The molecule has 2 aliphatic rings. The Labute approximate surface area is 278 Å². The van der Waals surface area contributed by atoms with E-state index in [4.69, 9.17) is 4.74 Å². The molecule has 2 aromatic heterocycles. The molecule has 10 nitrogen and oxygen atoms in total. The number of fused-ring (bicyclic) bond motifs is 3. The number of hydrogen-bond acceptors (Lipinski definition) is 7. The number of carbonyl (C=O) groups is 2. The zero-order valence-corrected chi connectivity index (χ0v) is 27.6. The van der Waals surface area contributed by atoms with Crippen molar-refractivity contribution < 1.29 is 18.7 Å². The SMILES string of the molecule is Cn1c2c(cc(Nc3ccc(C(=O)N4CCOCC4)cn3)c1=O)-c1cccc(-c3c(F)cc(C(C)(C)C)cc3/C=N\NC=O)c1CCC2. The molecule has 2 aromatic carbocycles. The van der Waals surface area contributed by atoms with Crippen LogP contribution in [0.2, 0.25) is 0 Å². The topological polar surface area (TPSA) is 118 Å². The van der Waals surface area contributed by atoms with E-state index in [1.54, 1.807) is 34.7 Å². The average molecular weight is 651 g/mol. The van der Waals surface area contributed by atoms with Gasteiger partial charge >= 0.3 is 0 Å². The number of aromatic nitrogens is 2. The molecule has 48 heavy (non-hydrogen) atoms. The molecule has 0 spiro atoms. The molecule has 4 aromatic rings. The summed E-state index contributed by atoms with van der Waals surface area (Å²) in [5.74, 6) is -0.0519. The van der Waals surface area contributed by atoms with Crippen LogP contribution in [0, 0.1) is 5.82 Å². The van der Waals surface area contributed by atoms with E-state index in [0.29, 0.717) is 73.8 Å². The molecule has 2 N–H and O–H groups in total. The van der Waals surface area contributed by atoms with E-state index >= 15 is 4.39 Å². The number of halogens is 1. The molecule has 0 saturated carbocycles. The highest BCUT2D eigenvalue weighted by Gasteiger charge is 2.26. The first-order valence-corrected chi connectivity index (χ1v) is 16.1. The van der Waals surface area contributed by atoms with Gasteiger partial charge < -0.3 is 19.5 Å². The second-order valence-corrected chi connectivity index (χ2v) is 13.1. The average Bonchev–Trinajstić information content (AvgIpc) is 3.27. The Kier molecular flexibility index (Phi) is 9.23. The highest BCUT2D eigenvalue weighted by Crippen LogP contribution is 2.41. The van der Waals surface area contributed by atoms with Gasteiger partial charge in [-0.3, -0.25) is 14.4 Å². The van der Waals surface area contributed by atoms with Gasteiger partial charge in [-0.2, -0.15) is 5.10 Å². The molecular formula is C37H39FN6O4. The second-order valence-electron chi connectivity index (χ2n) is 13.1. The standard InChI is InChI=1S/C37H39FN6O4/c1-37(2,3)25-17-24(21-40-41-22-45)34(30(38)18-25)28-9-5-7-27-26(28)8-6-10-32-29(27)19-31(36(47)43(32)4)42-33-12-11-23(20-39-33)35(46)44-13-15-48-16-14-44/h5,7,9,11-12,17-22H,6,8,10,13-16H2,1-4H3,(H,39,42)(H,41,45)/b40-21-. The third-order valence-electron chi connectivity index (χ3n) is 9.00. The molecule has 1 aliphatic heterocycles. The van der Waals surface area contributed by atoms with Crippen LogP contribution in [0.5, 0.6) is 0 Å². The fourth-order valence-electron chi connectivity index (χ4n) is 6.44. The number of benzene rings is 2. The lowest BCUT2D eigenvalue weighted by atomic mass is 9.82. The van der Waals surface area contributed by atoms with Crippen LogP contribution in [0.25, 0.3) is 22.3 Å².